The van der Waals surface area contributed by atoms with Crippen LogP contribution in [0.4, 0.5) is 0 Å². The van der Waals surface area contributed by atoms with E-state index in [9.17, 15) is 4.79 Å². The summed E-state index contributed by atoms with van der Waals surface area (Å²) < 4.78 is 4.88. The maximum absolute atomic E-state index is 9.64. The molecule has 0 aliphatic carbocycles. The van der Waals surface area contributed by atoms with Crippen molar-refractivity contribution >= 4 is 12.3 Å². The van der Waals surface area contributed by atoms with Crippen LogP contribution >= 0.6 is 0 Å². The summed E-state index contributed by atoms with van der Waals surface area (Å²) in [6.45, 7) is 0.744. The van der Waals surface area contributed by atoms with Crippen LogP contribution in [-0.2, 0) is 9.53 Å². The van der Waals surface area contributed by atoms with Crippen molar-refractivity contribution in [3.05, 3.63) is 12.0 Å². The van der Waals surface area contributed by atoms with Crippen LogP contribution in [0.3, 0.4) is 0 Å². The molecule has 0 unspecified atom stereocenters. The topological polar surface area (TPSA) is 51.0 Å². The zero-order chi connectivity index (χ0) is 7.23. The molecule has 4 nitrogen and oxygen atoms in total. The fourth-order valence-electron chi connectivity index (χ4n) is 0.564. The molecule has 0 atom stereocenters. The Balaban J connectivity index is 2.47. The van der Waals surface area contributed by atoms with Crippen LogP contribution in [0.2, 0.25) is 0 Å². The lowest BCUT2D eigenvalue weighted by Gasteiger charge is -2.02. The molecule has 0 amide bonds. The smallest absolute Gasteiger partial charge is 0.235 e. The lowest BCUT2D eigenvalue weighted by molar-refractivity contribution is 0.296. The molecule has 1 heterocycles. The van der Waals surface area contributed by atoms with Gasteiger partial charge < -0.3 is 4.74 Å². The summed E-state index contributed by atoms with van der Waals surface area (Å²) in [5.74, 6) is 0. The minimum absolute atomic E-state index is 0.250. The molecule has 0 aromatic carbocycles. The first-order chi connectivity index (χ1) is 4.93. The lowest BCUT2D eigenvalue weighted by Crippen LogP contribution is -1.98. The summed E-state index contributed by atoms with van der Waals surface area (Å²) in [6.07, 6.45) is 4.53. The molecule has 10 heavy (non-hydrogen) atoms. The first kappa shape index (κ1) is 6.71. The van der Waals surface area contributed by atoms with Crippen molar-refractivity contribution in [1.82, 2.24) is 0 Å². The molecule has 0 radical (unpaired) electrons. The normalized spacial score (nSPS) is 15.0. The van der Waals surface area contributed by atoms with Crippen LogP contribution in [0.5, 0.6) is 0 Å². The van der Waals surface area contributed by atoms with Crippen molar-refractivity contribution < 1.29 is 9.53 Å². The maximum atomic E-state index is 9.64. The molecular formula is C6H6N2O2. The highest BCUT2D eigenvalue weighted by Crippen LogP contribution is 2.00. The maximum Gasteiger partial charge on any atom is 0.235 e. The molecule has 0 aromatic heterocycles. The predicted octanol–water partition coefficient (Wildman–Crippen LogP) is 0.265. The summed E-state index contributed by atoms with van der Waals surface area (Å²) in [4.78, 5) is 16.9. The molecule has 0 spiro atoms. The van der Waals surface area contributed by atoms with E-state index in [1.54, 1.807) is 6.21 Å². The summed E-state index contributed by atoms with van der Waals surface area (Å²) in [6, 6.07) is 0. The van der Waals surface area contributed by atoms with Gasteiger partial charge in [0.25, 0.3) is 0 Å². The van der Waals surface area contributed by atoms with Gasteiger partial charge >= 0.3 is 0 Å². The first-order valence-electron chi connectivity index (χ1n) is 2.80. The van der Waals surface area contributed by atoms with E-state index >= 15 is 0 Å². The SMILES string of the molecule is O=C=NCC1=COCC=N1. The van der Waals surface area contributed by atoms with Gasteiger partial charge in [0.15, 0.2) is 0 Å². The van der Waals surface area contributed by atoms with Gasteiger partial charge in [0.2, 0.25) is 6.08 Å². The average molecular weight is 138 g/mol. The van der Waals surface area contributed by atoms with Gasteiger partial charge in [-0.25, -0.2) is 4.79 Å². The van der Waals surface area contributed by atoms with E-state index in [-0.39, 0.29) is 6.54 Å². The van der Waals surface area contributed by atoms with E-state index in [1.165, 1.54) is 12.3 Å². The Hall–Kier alpha value is -1.41. The molecule has 0 saturated carbocycles. The van der Waals surface area contributed by atoms with Gasteiger partial charge in [-0.3, -0.25) is 4.99 Å². The zero-order valence-electron chi connectivity index (χ0n) is 5.28. The second-order valence-corrected chi connectivity index (χ2v) is 1.66. The van der Waals surface area contributed by atoms with E-state index in [1.807, 2.05) is 0 Å². The highest BCUT2D eigenvalue weighted by atomic mass is 16.5. The van der Waals surface area contributed by atoms with Crippen molar-refractivity contribution in [3.8, 4) is 0 Å². The van der Waals surface area contributed by atoms with Gasteiger partial charge in [-0.15, -0.1) is 0 Å². The molecule has 0 N–H and O–H groups in total. The number of hydrogen-bond donors (Lipinski definition) is 0. The largest absolute Gasteiger partial charge is 0.494 e. The third kappa shape index (κ3) is 1.84. The summed E-state index contributed by atoms with van der Waals surface area (Å²) in [5, 5.41) is 0. The fourth-order valence-corrected chi connectivity index (χ4v) is 0.564. The molecule has 0 aromatic rings. The minimum atomic E-state index is 0.250. The van der Waals surface area contributed by atoms with E-state index in [0.29, 0.717) is 12.3 Å². The molecule has 0 bridgehead atoms. The highest BCUT2D eigenvalue weighted by Gasteiger charge is 1.95. The first-order valence-corrected chi connectivity index (χ1v) is 2.80. The summed E-state index contributed by atoms with van der Waals surface area (Å²) in [7, 11) is 0. The molecule has 4 heteroatoms. The van der Waals surface area contributed by atoms with Crippen LogP contribution in [-0.4, -0.2) is 25.4 Å². The van der Waals surface area contributed by atoms with Crippen LogP contribution in [0.15, 0.2) is 21.9 Å². The van der Waals surface area contributed by atoms with E-state index in [2.05, 4.69) is 9.98 Å². The van der Waals surface area contributed by atoms with Crippen LogP contribution in [0.1, 0.15) is 0 Å². The van der Waals surface area contributed by atoms with E-state index in [0.717, 1.165) is 0 Å². The minimum Gasteiger partial charge on any atom is -0.494 e. The lowest BCUT2D eigenvalue weighted by atomic mass is 10.5. The number of nitrogens with zero attached hydrogens (tertiary/aromatic N) is 2. The van der Waals surface area contributed by atoms with Gasteiger partial charge in [-0.05, 0) is 0 Å². The van der Waals surface area contributed by atoms with Gasteiger partial charge in [0, 0.05) is 6.21 Å². The third-order valence-electron chi connectivity index (χ3n) is 0.953. The van der Waals surface area contributed by atoms with Crippen molar-refractivity contribution in [2.24, 2.45) is 9.98 Å². The second kappa shape index (κ2) is 3.58. The number of ether oxygens (including phenoxy) is 1. The molecule has 1 aliphatic heterocycles. The summed E-state index contributed by atoms with van der Waals surface area (Å²) >= 11 is 0. The van der Waals surface area contributed by atoms with Crippen LogP contribution in [0.25, 0.3) is 0 Å². The van der Waals surface area contributed by atoms with Crippen LogP contribution in [0, 0.1) is 0 Å². The molecule has 0 fully saturated rings. The zero-order valence-corrected chi connectivity index (χ0v) is 5.28. The number of hydrogen-bond acceptors (Lipinski definition) is 4. The Morgan fingerprint density at radius 3 is 3.40 bits per heavy atom. The van der Waals surface area contributed by atoms with Crippen LogP contribution < -0.4 is 0 Å². The summed E-state index contributed by atoms with van der Waals surface area (Å²) in [5.41, 5.74) is 0.648. The van der Waals surface area contributed by atoms with Crippen molar-refractivity contribution in [2.75, 3.05) is 13.2 Å². The number of carbonyl (C=O) groups excluding carboxylic acids is 1. The fraction of sp³-hybridized carbons (Fsp3) is 0.333. The Bertz CT molecular complexity index is 214. The highest BCUT2D eigenvalue weighted by molar-refractivity contribution is 5.61. The Labute approximate surface area is 57.9 Å². The van der Waals surface area contributed by atoms with Crippen molar-refractivity contribution in [3.63, 3.8) is 0 Å². The Morgan fingerprint density at radius 1 is 1.90 bits per heavy atom. The molecule has 52 valence electrons. The Kier molecular flexibility index (Phi) is 2.40. The van der Waals surface area contributed by atoms with Gasteiger partial charge in [0.1, 0.15) is 12.9 Å². The molecule has 0 saturated heterocycles. The molecule has 1 aliphatic rings. The van der Waals surface area contributed by atoms with Crippen molar-refractivity contribution in [1.29, 1.82) is 0 Å². The molecular weight excluding hydrogens is 132 g/mol. The number of aliphatic imine (C=N–C) groups is 2. The molecule has 1 rings (SSSR count). The Morgan fingerprint density at radius 2 is 2.80 bits per heavy atom. The number of rotatable bonds is 2. The van der Waals surface area contributed by atoms with Gasteiger partial charge in [0.05, 0.1) is 12.2 Å². The third-order valence-corrected chi connectivity index (χ3v) is 0.953. The van der Waals surface area contributed by atoms with E-state index < -0.39 is 0 Å². The van der Waals surface area contributed by atoms with Crippen molar-refractivity contribution in [2.45, 2.75) is 0 Å². The van der Waals surface area contributed by atoms with Gasteiger partial charge in [-0.1, -0.05) is 0 Å². The van der Waals surface area contributed by atoms with Gasteiger partial charge in [-0.2, -0.15) is 4.99 Å². The second-order valence-electron chi connectivity index (χ2n) is 1.66. The standard InChI is InChI=1S/C6H6N2O2/c9-5-7-3-6-4-10-2-1-8-6/h1,4H,2-3H2. The predicted molar refractivity (Wildman–Crippen MR) is 35.5 cm³/mol. The number of isocyanates is 1. The monoisotopic (exact) mass is 138 g/mol. The van der Waals surface area contributed by atoms with E-state index in [4.69, 9.17) is 4.74 Å². The average Bonchev–Trinajstić information content (AvgIpc) is 2.03. The quantitative estimate of drug-likeness (QED) is 0.406.